The molecule has 0 saturated heterocycles. The fourth-order valence-corrected chi connectivity index (χ4v) is 1.57. The Labute approximate surface area is 62.1 Å². The highest BCUT2D eigenvalue weighted by molar-refractivity contribution is 7.17. The first-order valence-electron chi connectivity index (χ1n) is 2.78. The molecule has 48 valence electrons. The van der Waals surface area contributed by atoms with Crippen LogP contribution in [0.4, 0.5) is 0 Å². The van der Waals surface area contributed by atoms with E-state index in [2.05, 4.69) is 10.9 Å². The van der Waals surface area contributed by atoms with Crippen molar-refractivity contribution < 1.29 is 0 Å². The topological polar surface area (TPSA) is 17.3 Å². The van der Waals surface area contributed by atoms with E-state index < -0.39 is 0 Å². The van der Waals surface area contributed by atoms with Crippen LogP contribution in [0.5, 0.6) is 0 Å². The third-order valence-electron chi connectivity index (χ3n) is 1.24. The first kappa shape index (κ1) is 5.51. The van der Waals surface area contributed by atoms with Crippen LogP contribution in [-0.4, -0.2) is 9.38 Å². The smallest absolute Gasteiger partial charge is 0.120 e. The summed E-state index contributed by atoms with van der Waals surface area (Å²) in [5.74, 6) is 2.57. The molecular weight excluding hydrogens is 144 g/mol. The zero-order valence-corrected chi connectivity index (χ0v) is 5.93. The van der Waals surface area contributed by atoms with Crippen LogP contribution in [0.3, 0.4) is 0 Å². The molecule has 0 amide bonds. The number of imidazole rings is 1. The molecule has 2 aromatic rings. The molecule has 0 aliphatic carbocycles. The average Bonchev–Trinajstić information content (AvgIpc) is 2.42. The van der Waals surface area contributed by atoms with Crippen molar-refractivity contribution in [1.29, 1.82) is 0 Å². The van der Waals surface area contributed by atoms with Crippen LogP contribution in [0.25, 0.3) is 4.83 Å². The van der Waals surface area contributed by atoms with E-state index in [1.165, 1.54) is 0 Å². The number of hydrogen-bond donors (Lipinski definition) is 0. The number of aromatic nitrogens is 2. The highest BCUT2D eigenvalue weighted by Gasteiger charge is 1.96. The summed E-state index contributed by atoms with van der Waals surface area (Å²) in [6, 6.07) is 0. The molecule has 2 rings (SSSR count). The standard InChI is InChI=1S/C7H4N2S/c1-2-6-4-9-5-8-3-7(9)10-6/h1,3-5H. The highest BCUT2D eigenvalue weighted by atomic mass is 32.1. The van der Waals surface area contributed by atoms with Gasteiger partial charge in [0.05, 0.1) is 17.4 Å². The lowest BCUT2D eigenvalue weighted by Crippen LogP contribution is -1.68. The Kier molecular flexibility index (Phi) is 1.02. The molecule has 0 aliphatic rings. The first-order chi connectivity index (χ1) is 4.90. The quantitative estimate of drug-likeness (QED) is 0.516. The van der Waals surface area contributed by atoms with Gasteiger partial charge < -0.3 is 0 Å². The highest BCUT2D eigenvalue weighted by Crippen LogP contribution is 2.15. The summed E-state index contributed by atoms with van der Waals surface area (Å²) >= 11 is 1.57. The zero-order valence-electron chi connectivity index (χ0n) is 5.11. The molecule has 0 aromatic carbocycles. The van der Waals surface area contributed by atoms with Gasteiger partial charge in [-0.2, -0.15) is 0 Å². The maximum absolute atomic E-state index is 5.20. The molecule has 0 bridgehead atoms. The Balaban J connectivity index is 2.81. The van der Waals surface area contributed by atoms with Crippen LogP contribution < -0.4 is 0 Å². The Morgan fingerprint density at radius 2 is 2.60 bits per heavy atom. The zero-order chi connectivity index (χ0) is 6.97. The SMILES string of the molecule is C#Cc1cn2cncc2s1. The molecule has 0 radical (unpaired) electrons. The molecular formula is C7H4N2S. The molecule has 2 heterocycles. The van der Waals surface area contributed by atoms with Gasteiger partial charge in [-0.25, -0.2) is 4.98 Å². The fourth-order valence-electron chi connectivity index (χ4n) is 0.801. The van der Waals surface area contributed by atoms with Gasteiger partial charge in [0.25, 0.3) is 0 Å². The summed E-state index contributed by atoms with van der Waals surface area (Å²) in [4.78, 5) is 5.97. The predicted octanol–water partition coefficient (Wildman–Crippen LogP) is 1.38. The molecule has 0 spiro atoms. The third kappa shape index (κ3) is 0.630. The van der Waals surface area contributed by atoms with Crippen LogP contribution >= 0.6 is 11.3 Å². The van der Waals surface area contributed by atoms with Gasteiger partial charge in [0, 0.05) is 6.20 Å². The van der Waals surface area contributed by atoms with E-state index in [-0.39, 0.29) is 0 Å². The molecule has 0 unspecified atom stereocenters. The summed E-state index contributed by atoms with van der Waals surface area (Å²) in [5, 5.41) is 0. The number of fused-ring (bicyclic) bond motifs is 1. The summed E-state index contributed by atoms with van der Waals surface area (Å²) in [6.07, 6.45) is 10.6. The fraction of sp³-hybridized carbons (Fsp3) is 0. The minimum Gasteiger partial charge on any atom is -0.296 e. The van der Waals surface area contributed by atoms with Crippen LogP contribution in [0, 0.1) is 12.3 Å². The van der Waals surface area contributed by atoms with Gasteiger partial charge in [0.1, 0.15) is 4.83 Å². The number of rotatable bonds is 0. The van der Waals surface area contributed by atoms with Crippen molar-refractivity contribution in [2.75, 3.05) is 0 Å². The second-order valence-corrected chi connectivity index (χ2v) is 2.94. The van der Waals surface area contributed by atoms with Crippen LogP contribution in [-0.2, 0) is 0 Å². The van der Waals surface area contributed by atoms with Crippen molar-refractivity contribution in [2.24, 2.45) is 0 Å². The Morgan fingerprint density at radius 3 is 3.30 bits per heavy atom. The van der Waals surface area contributed by atoms with Crippen molar-refractivity contribution in [3.8, 4) is 12.3 Å². The Bertz CT molecular complexity index is 362. The largest absolute Gasteiger partial charge is 0.296 e. The molecule has 0 fully saturated rings. The molecule has 2 aromatic heterocycles. The monoisotopic (exact) mass is 148 g/mol. The maximum Gasteiger partial charge on any atom is 0.120 e. The molecule has 0 aliphatic heterocycles. The van der Waals surface area contributed by atoms with E-state index in [4.69, 9.17) is 6.42 Å². The number of terminal acetylenes is 1. The molecule has 3 heteroatoms. The Morgan fingerprint density at radius 1 is 1.70 bits per heavy atom. The van der Waals surface area contributed by atoms with E-state index in [1.54, 1.807) is 23.9 Å². The summed E-state index contributed by atoms with van der Waals surface area (Å²) < 4.78 is 1.92. The molecule has 2 nitrogen and oxygen atoms in total. The second-order valence-electron chi connectivity index (χ2n) is 1.88. The van der Waals surface area contributed by atoms with Gasteiger partial charge >= 0.3 is 0 Å². The third-order valence-corrected chi connectivity index (χ3v) is 2.21. The summed E-state index contributed by atoms with van der Waals surface area (Å²) in [7, 11) is 0. The molecule has 0 atom stereocenters. The van der Waals surface area contributed by atoms with Gasteiger partial charge in [0.2, 0.25) is 0 Å². The van der Waals surface area contributed by atoms with Gasteiger partial charge in [0.15, 0.2) is 0 Å². The van der Waals surface area contributed by atoms with Gasteiger partial charge in [-0.05, 0) is 0 Å². The van der Waals surface area contributed by atoms with Crippen molar-refractivity contribution in [1.82, 2.24) is 9.38 Å². The van der Waals surface area contributed by atoms with E-state index >= 15 is 0 Å². The summed E-state index contributed by atoms with van der Waals surface area (Å²) in [5.41, 5.74) is 0. The first-order valence-corrected chi connectivity index (χ1v) is 3.60. The predicted molar refractivity (Wildman–Crippen MR) is 41.0 cm³/mol. The summed E-state index contributed by atoms with van der Waals surface area (Å²) in [6.45, 7) is 0. The van der Waals surface area contributed by atoms with Crippen LogP contribution in [0.15, 0.2) is 18.7 Å². The number of nitrogens with zero attached hydrogens (tertiary/aromatic N) is 2. The van der Waals surface area contributed by atoms with Crippen molar-refractivity contribution >= 4 is 16.2 Å². The normalized spacial score (nSPS) is 9.90. The Hall–Kier alpha value is -1.27. The lowest BCUT2D eigenvalue weighted by molar-refractivity contribution is 1.17. The van der Waals surface area contributed by atoms with E-state index in [0.717, 1.165) is 9.71 Å². The lowest BCUT2D eigenvalue weighted by Gasteiger charge is -1.72. The van der Waals surface area contributed by atoms with Crippen LogP contribution in [0.1, 0.15) is 4.88 Å². The minimum absolute atomic E-state index is 0.942. The number of hydrogen-bond acceptors (Lipinski definition) is 2. The second kappa shape index (κ2) is 1.86. The molecule has 10 heavy (non-hydrogen) atoms. The van der Waals surface area contributed by atoms with Crippen LogP contribution in [0.2, 0.25) is 0 Å². The van der Waals surface area contributed by atoms with E-state index in [1.807, 2.05) is 10.6 Å². The maximum atomic E-state index is 5.20. The molecule has 0 N–H and O–H groups in total. The minimum atomic E-state index is 0.942. The van der Waals surface area contributed by atoms with Gasteiger partial charge in [-0.15, -0.1) is 17.8 Å². The average molecular weight is 148 g/mol. The van der Waals surface area contributed by atoms with Crippen molar-refractivity contribution in [3.05, 3.63) is 23.6 Å². The van der Waals surface area contributed by atoms with Crippen molar-refractivity contribution in [2.45, 2.75) is 0 Å². The van der Waals surface area contributed by atoms with Gasteiger partial charge in [-0.3, -0.25) is 4.40 Å². The number of thiazole rings is 1. The molecule has 0 saturated carbocycles. The van der Waals surface area contributed by atoms with Gasteiger partial charge in [-0.1, -0.05) is 5.92 Å². The lowest BCUT2D eigenvalue weighted by atomic mass is 10.6. The van der Waals surface area contributed by atoms with E-state index in [9.17, 15) is 0 Å². The van der Waals surface area contributed by atoms with Crippen molar-refractivity contribution in [3.63, 3.8) is 0 Å². The van der Waals surface area contributed by atoms with E-state index in [0.29, 0.717) is 0 Å².